The zero-order valence-corrected chi connectivity index (χ0v) is 13.9. The van der Waals surface area contributed by atoms with E-state index >= 15 is 0 Å². The predicted molar refractivity (Wildman–Crippen MR) is 95.7 cm³/mol. The van der Waals surface area contributed by atoms with Gasteiger partial charge in [-0.2, -0.15) is 5.10 Å². The van der Waals surface area contributed by atoms with Crippen molar-refractivity contribution in [1.29, 1.82) is 0 Å². The Kier molecular flexibility index (Phi) is 5.77. The molecule has 2 aromatic rings. The number of hydrogen-bond acceptors (Lipinski definition) is 5. The number of nitrogens with zero attached hydrogens (tertiary/aromatic N) is 2. The topological polar surface area (TPSA) is 74.2 Å². The smallest absolute Gasteiger partial charge is 0.271 e. The van der Waals surface area contributed by atoms with Gasteiger partial charge in [0.15, 0.2) is 0 Å². The van der Waals surface area contributed by atoms with Gasteiger partial charge in [-0.15, -0.1) is 0 Å². The Labute approximate surface area is 146 Å². The summed E-state index contributed by atoms with van der Waals surface area (Å²) >= 11 is 0. The van der Waals surface area contributed by atoms with E-state index in [2.05, 4.69) is 15.4 Å². The third kappa shape index (κ3) is 4.89. The number of phenols is 1. The first-order valence-electron chi connectivity index (χ1n) is 8.23. The van der Waals surface area contributed by atoms with Crippen molar-refractivity contribution >= 4 is 12.1 Å². The zero-order valence-electron chi connectivity index (χ0n) is 13.9. The van der Waals surface area contributed by atoms with Gasteiger partial charge in [-0.3, -0.25) is 9.69 Å². The van der Waals surface area contributed by atoms with Crippen molar-refractivity contribution in [3.8, 4) is 5.75 Å². The summed E-state index contributed by atoms with van der Waals surface area (Å²) in [6.45, 7) is 4.27. The van der Waals surface area contributed by atoms with Crippen LogP contribution in [-0.4, -0.2) is 48.4 Å². The lowest BCUT2D eigenvalue weighted by molar-refractivity contribution is 0.0342. The molecule has 6 heteroatoms. The van der Waals surface area contributed by atoms with Gasteiger partial charge in [0.25, 0.3) is 5.91 Å². The second-order valence-electron chi connectivity index (χ2n) is 5.84. The highest BCUT2D eigenvalue weighted by molar-refractivity contribution is 5.95. The molecule has 1 aliphatic rings. The summed E-state index contributed by atoms with van der Waals surface area (Å²) in [7, 11) is 0. The highest BCUT2D eigenvalue weighted by Crippen LogP contribution is 2.12. The fourth-order valence-corrected chi connectivity index (χ4v) is 2.60. The van der Waals surface area contributed by atoms with Crippen LogP contribution in [0.25, 0.3) is 0 Å². The molecule has 1 fully saturated rings. The molecule has 0 aliphatic carbocycles. The SMILES string of the molecule is O=C(N/N=C\c1ccccc1O)c1ccc(CN2CCOCC2)cc1. The largest absolute Gasteiger partial charge is 0.507 e. The molecule has 1 amide bonds. The third-order valence-corrected chi connectivity index (χ3v) is 4.03. The lowest BCUT2D eigenvalue weighted by Gasteiger charge is -2.26. The van der Waals surface area contributed by atoms with Crippen LogP contribution in [-0.2, 0) is 11.3 Å². The molecule has 0 bridgehead atoms. The summed E-state index contributed by atoms with van der Waals surface area (Å²) in [6.07, 6.45) is 1.42. The molecular weight excluding hydrogens is 318 g/mol. The number of carbonyl (C=O) groups excluding carboxylic acids is 1. The lowest BCUT2D eigenvalue weighted by Crippen LogP contribution is -2.35. The summed E-state index contributed by atoms with van der Waals surface area (Å²) in [5, 5.41) is 13.5. The van der Waals surface area contributed by atoms with Crippen LogP contribution in [0, 0.1) is 0 Å². The zero-order chi connectivity index (χ0) is 17.5. The fourth-order valence-electron chi connectivity index (χ4n) is 2.60. The minimum absolute atomic E-state index is 0.118. The molecule has 2 aromatic carbocycles. The molecule has 1 heterocycles. The molecule has 1 saturated heterocycles. The molecule has 0 unspecified atom stereocenters. The molecular formula is C19H21N3O3. The standard InChI is InChI=1S/C19H21N3O3/c23-18-4-2-1-3-17(18)13-20-21-19(24)16-7-5-15(6-8-16)14-22-9-11-25-12-10-22/h1-8,13,23H,9-12,14H2,(H,21,24)/b20-13-. The molecule has 0 spiro atoms. The number of morpholine rings is 1. The number of rotatable bonds is 5. The number of hydrazone groups is 1. The van der Waals surface area contributed by atoms with E-state index in [0.717, 1.165) is 38.4 Å². The number of aromatic hydroxyl groups is 1. The summed E-state index contributed by atoms with van der Waals surface area (Å²) in [5.74, 6) is -0.169. The summed E-state index contributed by atoms with van der Waals surface area (Å²) in [4.78, 5) is 14.4. The number of amides is 1. The second-order valence-corrected chi connectivity index (χ2v) is 5.84. The first-order chi connectivity index (χ1) is 12.2. The molecule has 2 N–H and O–H groups in total. The van der Waals surface area contributed by atoms with Crippen LogP contribution in [0.3, 0.4) is 0 Å². The number of hydrogen-bond donors (Lipinski definition) is 2. The Morgan fingerprint density at radius 1 is 1.16 bits per heavy atom. The summed E-state index contributed by atoms with van der Waals surface area (Å²) in [6, 6.07) is 14.3. The average molecular weight is 339 g/mol. The van der Waals surface area contributed by atoms with Gasteiger partial charge in [0.2, 0.25) is 0 Å². The van der Waals surface area contributed by atoms with Crippen molar-refractivity contribution in [1.82, 2.24) is 10.3 Å². The van der Waals surface area contributed by atoms with Crippen molar-refractivity contribution in [2.75, 3.05) is 26.3 Å². The first kappa shape index (κ1) is 17.1. The van der Waals surface area contributed by atoms with E-state index < -0.39 is 0 Å². The van der Waals surface area contributed by atoms with Crippen LogP contribution >= 0.6 is 0 Å². The number of carbonyl (C=O) groups is 1. The monoisotopic (exact) mass is 339 g/mol. The molecule has 0 saturated carbocycles. The Bertz CT molecular complexity index is 738. The Hall–Kier alpha value is -2.70. The molecule has 0 aromatic heterocycles. The van der Waals surface area contributed by atoms with Crippen LogP contribution < -0.4 is 5.43 Å². The van der Waals surface area contributed by atoms with Gasteiger partial charge in [0.1, 0.15) is 5.75 Å². The van der Waals surface area contributed by atoms with Crippen molar-refractivity contribution < 1.29 is 14.6 Å². The second kappa shape index (κ2) is 8.41. The molecule has 3 rings (SSSR count). The molecule has 130 valence electrons. The minimum Gasteiger partial charge on any atom is -0.507 e. The van der Waals surface area contributed by atoms with E-state index in [1.54, 1.807) is 36.4 Å². The van der Waals surface area contributed by atoms with Crippen LogP contribution in [0.15, 0.2) is 53.6 Å². The van der Waals surface area contributed by atoms with E-state index in [0.29, 0.717) is 11.1 Å². The van der Waals surface area contributed by atoms with E-state index in [4.69, 9.17) is 4.74 Å². The molecule has 6 nitrogen and oxygen atoms in total. The molecule has 25 heavy (non-hydrogen) atoms. The average Bonchev–Trinajstić information content (AvgIpc) is 2.65. The van der Waals surface area contributed by atoms with Crippen molar-refractivity contribution in [3.63, 3.8) is 0 Å². The van der Waals surface area contributed by atoms with Crippen LogP contribution in [0.5, 0.6) is 5.75 Å². The Balaban J connectivity index is 1.54. The van der Waals surface area contributed by atoms with Gasteiger partial charge in [0.05, 0.1) is 19.4 Å². The van der Waals surface area contributed by atoms with Crippen LogP contribution in [0.2, 0.25) is 0 Å². The molecule has 0 radical (unpaired) electrons. The number of ether oxygens (including phenoxy) is 1. The van der Waals surface area contributed by atoms with Gasteiger partial charge in [0, 0.05) is 30.8 Å². The van der Waals surface area contributed by atoms with Gasteiger partial charge in [-0.25, -0.2) is 5.43 Å². The maximum Gasteiger partial charge on any atom is 0.271 e. The maximum atomic E-state index is 12.1. The van der Waals surface area contributed by atoms with Crippen LogP contribution in [0.1, 0.15) is 21.5 Å². The van der Waals surface area contributed by atoms with Crippen molar-refractivity contribution in [2.45, 2.75) is 6.54 Å². The van der Waals surface area contributed by atoms with E-state index in [1.165, 1.54) is 6.21 Å². The predicted octanol–water partition coefficient (Wildman–Crippen LogP) is 1.99. The van der Waals surface area contributed by atoms with Gasteiger partial charge in [-0.05, 0) is 29.8 Å². The quantitative estimate of drug-likeness (QED) is 0.645. The van der Waals surface area contributed by atoms with Crippen LogP contribution in [0.4, 0.5) is 0 Å². The lowest BCUT2D eigenvalue weighted by atomic mass is 10.1. The van der Waals surface area contributed by atoms with E-state index in [-0.39, 0.29) is 11.7 Å². The van der Waals surface area contributed by atoms with Gasteiger partial charge < -0.3 is 9.84 Å². The highest BCUT2D eigenvalue weighted by Gasteiger charge is 2.11. The number of para-hydroxylation sites is 1. The van der Waals surface area contributed by atoms with E-state index in [1.807, 2.05) is 12.1 Å². The molecule has 1 aliphatic heterocycles. The normalized spacial score (nSPS) is 15.4. The number of nitrogens with one attached hydrogen (secondary N) is 1. The van der Waals surface area contributed by atoms with Crippen molar-refractivity contribution in [2.24, 2.45) is 5.10 Å². The Morgan fingerprint density at radius 2 is 1.88 bits per heavy atom. The third-order valence-electron chi connectivity index (χ3n) is 4.03. The Morgan fingerprint density at radius 3 is 2.60 bits per heavy atom. The summed E-state index contributed by atoms with van der Waals surface area (Å²) in [5.41, 5.74) is 4.72. The maximum absolute atomic E-state index is 12.1. The summed E-state index contributed by atoms with van der Waals surface area (Å²) < 4.78 is 5.34. The van der Waals surface area contributed by atoms with Gasteiger partial charge >= 0.3 is 0 Å². The first-order valence-corrected chi connectivity index (χ1v) is 8.23. The fraction of sp³-hybridized carbons (Fsp3) is 0.263. The number of benzene rings is 2. The van der Waals surface area contributed by atoms with E-state index in [9.17, 15) is 9.90 Å². The number of phenolic OH excluding ortho intramolecular Hbond substituents is 1. The van der Waals surface area contributed by atoms with Crippen molar-refractivity contribution in [3.05, 3.63) is 65.2 Å². The van der Waals surface area contributed by atoms with Gasteiger partial charge in [-0.1, -0.05) is 24.3 Å². The highest BCUT2D eigenvalue weighted by atomic mass is 16.5. The minimum atomic E-state index is -0.287. The molecule has 0 atom stereocenters.